The van der Waals surface area contributed by atoms with Crippen molar-refractivity contribution in [3.8, 4) is 17.1 Å². The van der Waals surface area contributed by atoms with Crippen LogP contribution in [0.2, 0.25) is 0 Å². The Morgan fingerprint density at radius 3 is 2.61 bits per heavy atom. The van der Waals surface area contributed by atoms with Crippen LogP contribution in [0.1, 0.15) is 18.9 Å². The molecule has 2 aromatic carbocycles. The molecule has 0 saturated carbocycles. The SMILES string of the molecule is Cc1ccc(-c2n[nH]c(=S)n2CCC(=O)NNC(=O)C(C)Oc2ccccc2F)cc1. The molecule has 0 aliphatic carbocycles. The number of aromatic nitrogens is 3. The van der Waals surface area contributed by atoms with Crippen LogP contribution in [0, 0.1) is 17.5 Å². The molecule has 0 radical (unpaired) electrons. The van der Waals surface area contributed by atoms with Crippen LogP contribution in [0.15, 0.2) is 48.5 Å². The number of aromatic amines is 1. The van der Waals surface area contributed by atoms with Gasteiger partial charge >= 0.3 is 0 Å². The molecular weight excluding hydrogens is 421 g/mol. The number of amides is 2. The van der Waals surface area contributed by atoms with Crippen molar-refractivity contribution < 1.29 is 18.7 Å². The topological polar surface area (TPSA) is 101 Å². The number of rotatable bonds is 7. The van der Waals surface area contributed by atoms with Gasteiger partial charge in [-0.15, -0.1) is 0 Å². The Labute approximate surface area is 183 Å². The van der Waals surface area contributed by atoms with E-state index in [-0.39, 0.29) is 18.7 Å². The molecule has 1 atom stereocenters. The zero-order chi connectivity index (χ0) is 22.4. The van der Waals surface area contributed by atoms with Crippen molar-refractivity contribution in [2.45, 2.75) is 32.9 Å². The number of nitrogens with one attached hydrogen (secondary N) is 3. The summed E-state index contributed by atoms with van der Waals surface area (Å²) in [7, 11) is 0. The lowest BCUT2D eigenvalue weighted by molar-refractivity contribution is -0.132. The molecule has 3 N–H and O–H groups in total. The van der Waals surface area contributed by atoms with E-state index in [1.54, 1.807) is 10.6 Å². The second-order valence-corrected chi connectivity index (χ2v) is 7.23. The maximum atomic E-state index is 13.6. The molecule has 3 aromatic rings. The van der Waals surface area contributed by atoms with Crippen molar-refractivity contribution in [3.05, 3.63) is 64.7 Å². The third kappa shape index (κ3) is 5.76. The zero-order valence-corrected chi connectivity index (χ0v) is 17.8. The van der Waals surface area contributed by atoms with E-state index in [0.29, 0.717) is 10.6 Å². The molecule has 0 spiro atoms. The maximum absolute atomic E-state index is 13.6. The van der Waals surface area contributed by atoms with Crippen LogP contribution in [-0.2, 0) is 16.1 Å². The average Bonchev–Trinajstić information content (AvgIpc) is 3.12. The molecule has 8 nitrogen and oxygen atoms in total. The number of aryl methyl sites for hydroxylation is 1. The number of para-hydroxylation sites is 1. The highest BCUT2D eigenvalue weighted by Crippen LogP contribution is 2.18. The van der Waals surface area contributed by atoms with Crippen molar-refractivity contribution in [1.29, 1.82) is 0 Å². The maximum Gasteiger partial charge on any atom is 0.279 e. The molecule has 0 saturated heterocycles. The van der Waals surface area contributed by atoms with Crippen LogP contribution < -0.4 is 15.6 Å². The fourth-order valence-corrected chi connectivity index (χ4v) is 2.96. The molecule has 3 rings (SSSR count). The van der Waals surface area contributed by atoms with Gasteiger partial charge in [-0.2, -0.15) is 5.10 Å². The summed E-state index contributed by atoms with van der Waals surface area (Å²) in [4.78, 5) is 24.3. The van der Waals surface area contributed by atoms with Gasteiger partial charge in [0.2, 0.25) is 5.91 Å². The summed E-state index contributed by atoms with van der Waals surface area (Å²) in [5, 5.41) is 6.97. The van der Waals surface area contributed by atoms with Gasteiger partial charge < -0.3 is 4.74 Å². The fourth-order valence-electron chi connectivity index (χ4n) is 2.74. The number of benzene rings is 2. The predicted octanol–water partition coefficient (Wildman–Crippen LogP) is 3.06. The number of H-pyrrole nitrogens is 1. The first kappa shape index (κ1) is 22.2. The van der Waals surface area contributed by atoms with E-state index in [1.807, 2.05) is 31.2 Å². The van der Waals surface area contributed by atoms with Crippen molar-refractivity contribution in [3.63, 3.8) is 0 Å². The van der Waals surface area contributed by atoms with Crippen molar-refractivity contribution in [2.24, 2.45) is 0 Å². The molecule has 1 aromatic heterocycles. The van der Waals surface area contributed by atoms with Crippen LogP contribution in [0.3, 0.4) is 0 Å². The summed E-state index contributed by atoms with van der Waals surface area (Å²) in [6, 6.07) is 13.5. The Morgan fingerprint density at radius 1 is 1.19 bits per heavy atom. The van der Waals surface area contributed by atoms with Gasteiger partial charge in [-0.3, -0.25) is 30.1 Å². The van der Waals surface area contributed by atoms with E-state index < -0.39 is 23.7 Å². The molecule has 162 valence electrons. The first-order valence-corrected chi connectivity index (χ1v) is 9.98. The standard InChI is InChI=1S/C21H22FN5O3S/c1-13-7-9-15(10-8-13)19-24-26-21(31)27(19)12-11-18(28)23-25-20(29)14(2)30-17-6-4-3-5-16(17)22/h3-10,14H,11-12H2,1-2H3,(H,23,28)(H,25,29)(H,26,31). The van der Waals surface area contributed by atoms with E-state index in [9.17, 15) is 14.0 Å². The number of ether oxygens (including phenoxy) is 1. The quantitative estimate of drug-likeness (QED) is 0.385. The summed E-state index contributed by atoms with van der Waals surface area (Å²) in [5.74, 6) is -1.04. The largest absolute Gasteiger partial charge is 0.478 e. The highest BCUT2D eigenvalue weighted by Gasteiger charge is 2.17. The molecule has 31 heavy (non-hydrogen) atoms. The number of hydrogen-bond donors (Lipinski definition) is 3. The van der Waals surface area contributed by atoms with Gasteiger partial charge in [-0.1, -0.05) is 42.0 Å². The van der Waals surface area contributed by atoms with Crippen LogP contribution >= 0.6 is 12.2 Å². The molecular formula is C21H22FN5O3S. The number of halogens is 1. The molecule has 0 fully saturated rings. The minimum atomic E-state index is -1.01. The van der Waals surface area contributed by atoms with E-state index in [4.69, 9.17) is 17.0 Å². The Hall–Kier alpha value is -3.53. The van der Waals surface area contributed by atoms with Crippen molar-refractivity contribution >= 4 is 24.0 Å². The Kier molecular flexibility index (Phi) is 7.14. The Bertz CT molecular complexity index is 1130. The van der Waals surface area contributed by atoms with Gasteiger partial charge in [0.25, 0.3) is 5.91 Å². The minimum absolute atomic E-state index is 0.0468. The summed E-state index contributed by atoms with van der Waals surface area (Å²) >= 11 is 5.26. The molecule has 0 aliphatic rings. The predicted molar refractivity (Wildman–Crippen MR) is 115 cm³/mol. The van der Waals surface area contributed by atoms with E-state index in [0.717, 1.165) is 11.1 Å². The van der Waals surface area contributed by atoms with Crippen molar-refractivity contribution in [1.82, 2.24) is 25.6 Å². The molecule has 10 heteroatoms. The third-order valence-electron chi connectivity index (χ3n) is 4.47. The smallest absolute Gasteiger partial charge is 0.279 e. The fraction of sp³-hybridized carbons (Fsp3) is 0.238. The summed E-state index contributed by atoms with van der Waals surface area (Å²) in [6.45, 7) is 3.70. The van der Waals surface area contributed by atoms with Gasteiger partial charge in [0.15, 0.2) is 28.3 Å². The summed E-state index contributed by atoms with van der Waals surface area (Å²) in [5.41, 5.74) is 6.58. The zero-order valence-electron chi connectivity index (χ0n) is 17.0. The first-order chi connectivity index (χ1) is 14.8. The minimum Gasteiger partial charge on any atom is -0.478 e. The molecule has 1 heterocycles. The van der Waals surface area contributed by atoms with Crippen molar-refractivity contribution in [2.75, 3.05) is 0 Å². The Morgan fingerprint density at radius 2 is 1.90 bits per heavy atom. The lowest BCUT2D eigenvalue weighted by atomic mass is 10.1. The lowest BCUT2D eigenvalue weighted by Crippen LogP contribution is -2.47. The van der Waals surface area contributed by atoms with Gasteiger partial charge in [0.05, 0.1) is 0 Å². The van der Waals surface area contributed by atoms with Crippen LogP contribution in [-0.4, -0.2) is 32.7 Å². The number of hydrazine groups is 1. The molecule has 0 bridgehead atoms. The average molecular weight is 444 g/mol. The second kappa shape index (κ2) is 9.98. The van der Waals surface area contributed by atoms with Crippen LogP contribution in [0.4, 0.5) is 4.39 Å². The van der Waals surface area contributed by atoms with Crippen LogP contribution in [0.25, 0.3) is 11.4 Å². The molecule has 1 unspecified atom stereocenters. The number of carbonyl (C=O) groups excluding carboxylic acids is 2. The van der Waals surface area contributed by atoms with Gasteiger partial charge in [0, 0.05) is 18.5 Å². The normalized spacial score (nSPS) is 11.6. The lowest BCUT2D eigenvalue weighted by Gasteiger charge is -2.15. The van der Waals surface area contributed by atoms with Gasteiger partial charge in [-0.05, 0) is 38.2 Å². The number of carbonyl (C=O) groups is 2. The van der Waals surface area contributed by atoms with Crippen LogP contribution in [0.5, 0.6) is 5.75 Å². The monoisotopic (exact) mass is 443 g/mol. The molecule has 0 aliphatic heterocycles. The van der Waals surface area contributed by atoms with E-state index in [2.05, 4.69) is 21.0 Å². The highest BCUT2D eigenvalue weighted by atomic mass is 32.1. The number of nitrogens with zero attached hydrogens (tertiary/aromatic N) is 2. The first-order valence-electron chi connectivity index (χ1n) is 9.57. The second-order valence-electron chi connectivity index (χ2n) is 6.85. The van der Waals surface area contributed by atoms with Gasteiger partial charge in [0.1, 0.15) is 0 Å². The third-order valence-corrected chi connectivity index (χ3v) is 4.78. The highest BCUT2D eigenvalue weighted by molar-refractivity contribution is 7.71. The number of hydrogen-bond acceptors (Lipinski definition) is 5. The van der Waals surface area contributed by atoms with Gasteiger partial charge in [-0.25, -0.2) is 4.39 Å². The summed E-state index contributed by atoms with van der Waals surface area (Å²) < 4.78 is 21.0. The Balaban J connectivity index is 1.52. The molecule has 2 amide bonds. The summed E-state index contributed by atoms with van der Waals surface area (Å²) in [6.07, 6.45) is -0.956. The van der Waals surface area contributed by atoms with E-state index >= 15 is 0 Å². The van der Waals surface area contributed by atoms with E-state index in [1.165, 1.54) is 25.1 Å².